The topological polar surface area (TPSA) is 29.3 Å². The van der Waals surface area contributed by atoms with Crippen LogP contribution in [0.3, 0.4) is 0 Å². The smallest absolute Gasteiger partial charge is 0.139 e. The Bertz CT molecular complexity index is 854. The van der Waals surface area contributed by atoms with Crippen molar-refractivity contribution in [2.45, 2.75) is 19.3 Å². The number of aromatic nitrogens is 1. The molecule has 5 heteroatoms. The van der Waals surface area contributed by atoms with E-state index in [0.29, 0.717) is 13.0 Å². The van der Waals surface area contributed by atoms with Crippen LogP contribution in [0.2, 0.25) is 0 Å². The highest BCUT2D eigenvalue weighted by molar-refractivity contribution is 5.89. The standard InChI is InChI=1S/C18H16F2N2O/c1-11-9-13-16(23-11)5-7-21-18(13)22-8-6-12(10-22)17-14(19)3-2-4-15(17)20/h2-5,7,9,12H,6,8,10H2,1H3. The van der Waals surface area contributed by atoms with Gasteiger partial charge in [-0.15, -0.1) is 0 Å². The molecule has 0 N–H and O–H groups in total. The number of hydrogen-bond donors (Lipinski definition) is 0. The van der Waals surface area contributed by atoms with Crippen molar-refractivity contribution in [1.82, 2.24) is 4.98 Å². The molecule has 1 aromatic carbocycles. The fourth-order valence-electron chi connectivity index (χ4n) is 3.42. The molecule has 0 radical (unpaired) electrons. The molecule has 118 valence electrons. The summed E-state index contributed by atoms with van der Waals surface area (Å²) in [5.41, 5.74) is 0.971. The monoisotopic (exact) mass is 314 g/mol. The fourth-order valence-corrected chi connectivity index (χ4v) is 3.42. The summed E-state index contributed by atoms with van der Waals surface area (Å²) in [5.74, 6) is 0.536. The number of anilines is 1. The Kier molecular flexibility index (Phi) is 3.29. The van der Waals surface area contributed by atoms with Crippen molar-refractivity contribution in [2.75, 3.05) is 18.0 Å². The largest absolute Gasteiger partial charge is 0.461 e. The summed E-state index contributed by atoms with van der Waals surface area (Å²) < 4.78 is 33.6. The zero-order valence-corrected chi connectivity index (χ0v) is 12.7. The maximum atomic E-state index is 14.0. The summed E-state index contributed by atoms with van der Waals surface area (Å²) in [7, 11) is 0. The molecule has 3 heterocycles. The first-order valence-electron chi connectivity index (χ1n) is 7.67. The van der Waals surface area contributed by atoms with Crippen LogP contribution in [0, 0.1) is 18.6 Å². The second-order valence-electron chi connectivity index (χ2n) is 5.97. The summed E-state index contributed by atoms with van der Waals surface area (Å²) in [6.07, 6.45) is 2.41. The first-order valence-corrected chi connectivity index (χ1v) is 7.67. The van der Waals surface area contributed by atoms with Crippen LogP contribution in [0.1, 0.15) is 23.7 Å². The molecule has 2 aromatic heterocycles. The lowest BCUT2D eigenvalue weighted by Gasteiger charge is -2.18. The van der Waals surface area contributed by atoms with Crippen LogP contribution >= 0.6 is 0 Å². The molecule has 0 saturated carbocycles. The van der Waals surface area contributed by atoms with Crippen LogP contribution < -0.4 is 4.90 Å². The lowest BCUT2D eigenvalue weighted by atomic mass is 9.97. The molecule has 0 aliphatic carbocycles. The molecule has 1 atom stereocenters. The predicted molar refractivity (Wildman–Crippen MR) is 84.7 cm³/mol. The van der Waals surface area contributed by atoms with Crippen molar-refractivity contribution < 1.29 is 13.2 Å². The van der Waals surface area contributed by atoms with Gasteiger partial charge in [0.2, 0.25) is 0 Å². The minimum Gasteiger partial charge on any atom is -0.461 e. The van der Waals surface area contributed by atoms with E-state index in [1.54, 1.807) is 6.20 Å². The summed E-state index contributed by atoms with van der Waals surface area (Å²) in [5, 5.41) is 0.944. The molecule has 0 bridgehead atoms. The van der Waals surface area contributed by atoms with Gasteiger partial charge in [-0.1, -0.05) is 6.07 Å². The van der Waals surface area contributed by atoms with Gasteiger partial charge in [0.1, 0.15) is 28.8 Å². The van der Waals surface area contributed by atoms with E-state index >= 15 is 0 Å². The molecule has 1 aliphatic heterocycles. The zero-order chi connectivity index (χ0) is 16.0. The summed E-state index contributed by atoms with van der Waals surface area (Å²) >= 11 is 0. The lowest BCUT2D eigenvalue weighted by molar-refractivity contribution is 0.533. The summed E-state index contributed by atoms with van der Waals surface area (Å²) in [4.78, 5) is 6.53. The van der Waals surface area contributed by atoms with Crippen LogP contribution in [0.4, 0.5) is 14.6 Å². The van der Waals surface area contributed by atoms with E-state index in [1.165, 1.54) is 18.2 Å². The first-order chi connectivity index (χ1) is 11.1. The highest BCUT2D eigenvalue weighted by atomic mass is 19.1. The average Bonchev–Trinajstić information content (AvgIpc) is 3.12. The van der Waals surface area contributed by atoms with E-state index < -0.39 is 11.6 Å². The second-order valence-corrected chi connectivity index (χ2v) is 5.97. The number of halogens is 2. The third kappa shape index (κ3) is 2.36. The third-order valence-corrected chi connectivity index (χ3v) is 4.44. The Labute approximate surface area is 132 Å². The molecule has 3 aromatic rings. The van der Waals surface area contributed by atoms with E-state index in [9.17, 15) is 8.78 Å². The number of nitrogens with zero attached hydrogens (tertiary/aromatic N) is 2. The van der Waals surface area contributed by atoms with E-state index in [1.807, 2.05) is 19.1 Å². The van der Waals surface area contributed by atoms with Crippen LogP contribution in [0.25, 0.3) is 11.0 Å². The Hall–Kier alpha value is -2.43. The molecule has 0 spiro atoms. The molecule has 0 amide bonds. The number of aryl methyl sites for hydroxylation is 1. The molecule has 3 nitrogen and oxygen atoms in total. The number of hydrogen-bond acceptors (Lipinski definition) is 3. The van der Waals surface area contributed by atoms with E-state index in [0.717, 1.165) is 29.1 Å². The Morgan fingerprint density at radius 3 is 2.78 bits per heavy atom. The predicted octanol–water partition coefficient (Wildman–Crippen LogP) is 4.41. The molecular formula is C18H16F2N2O. The van der Waals surface area contributed by atoms with Gasteiger partial charge in [-0.2, -0.15) is 0 Å². The fraction of sp³-hybridized carbons (Fsp3) is 0.278. The maximum absolute atomic E-state index is 14.0. The van der Waals surface area contributed by atoms with Crippen molar-refractivity contribution in [3.05, 3.63) is 59.5 Å². The Morgan fingerprint density at radius 2 is 2.00 bits per heavy atom. The van der Waals surface area contributed by atoms with Crippen LogP contribution in [-0.2, 0) is 0 Å². The van der Waals surface area contributed by atoms with E-state index in [-0.39, 0.29) is 11.5 Å². The van der Waals surface area contributed by atoms with Crippen LogP contribution in [0.15, 0.2) is 40.9 Å². The van der Waals surface area contributed by atoms with Crippen molar-refractivity contribution >= 4 is 16.8 Å². The van der Waals surface area contributed by atoms with Crippen molar-refractivity contribution in [3.8, 4) is 0 Å². The summed E-state index contributed by atoms with van der Waals surface area (Å²) in [6, 6.07) is 7.82. The normalized spacial score (nSPS) is 18.0. The second kappa shape index (κ2) is 5.33. The zero-order valence-electron chi connectivity index (χ0n) is 12.7. The number of rotatable bonds is 2. The van der Waals surface area contributed by atoms with Gasteiger partial charge < -0.3 is 9.32 Å². The van der Waals surface area contributed by atoms with Gasteiger partial charge in [-0.25, -0.2) is 13.8 Å². The van der Waals surface area contributed by atoms with Crippen molar-refractivity contribution in [2.24, 2.45) is 0 Å². The van der Waals surface area contributed by atoms with Crippen LogP contribution in [0.5, 0.6) is 0 Å². The number of fused-ring (bicyclic) bond motifs is 1. The highest BCUT2D eigenvalue weighted by Crippen LogP contribution is 2.35. The van der Waals surface area contributed by atoms with Gasteiger partial charge in [0.05, 0.1) is 5.39 Å². The molecule has 1 fully saturated rings. The van der Waals surface area contributed by atoms with Crippen LogP contribution in [-0.4, -0.2) is 18.1 Å². The summed E-state index contributed by atoms with van der Waals surface area (Å²) in [6.45, 7) is 3.16. The quantitative estimate of drug-likeness (QED) is 0.702. The Morgan fingerprint density at radius 1 is 1.22 bits per heavy atom. The first kappa shape index (κ1) is 14.2. The van der Waals surface area contributed by atoms with Gasteiger partial charge in [-0.05, 0) is 37.6 Å². The minimum absolute atomic E-state index is 0.166. The van der Waals surface area contributed by atoms with E-state index in [2.05, 4.69) is 9.88 Å². The molecule has 23 heavy (non-hydrogen) atoms. The van der Waals surface area contributed by atoms with Gasteiger partial charge in [0.25, 0.3) is 0 Å². The molecule has 4 rings (SSSR count). The molecule has 1 saturated heterocycles. The third-order valence-electron chi connectivity index (χ3n) is 4.44. The van der Waals surface area contributed by atoms with Crippen molar-refractivity contribution in [1.29, 1.82) is 0 Å². The number of pyridine rings is 1. The minimum atomic E-state index is -0.470. The lowest BCUT2D eigenvalue weighted by Crippen LogP contribution is -2.21. The molecular weight excluding hydrogens is 298 g/mol. The van der Waals surface area contributed by atoms with Gasteiger partial charge in [0.15, 0.2) is 0 Å². The van der Waals surface area contributed by atoms with Gasteiger partial charge in [-0.3, -0.25) is 0 Å². The Balaban J connectivity index is 1.68. The maximum Gasteiger partial charge on any atom is 0.139 e. The SMILES string of the molecule is Cc1cc2c(N3CCC(c4c(F)cccc4F)C3)nccc2o1. The van der Waals surface area contributed by atoms with Gasteiger partial charge >= 0.3 is 0 Å². The molecule has 1 aliphatic rings. The van der Waals surface area contributed by atoms with Crippen molar-refractivity contribution in [3.63, 3.8) is 0 Å². The van der Waals surface area contributed by atoms with E-state index in [4.69, 9.17) is 4.42 Å². The molecule has 1 unspecified atom stereocenters. The highest BCUT2D eigenvalue weighted by Gasteiger charge is 2.30. The van der Waals surface area contributed by atoms with Gasteiger partial charge in [0, 0.05) is 30.8 Å². The number of furan rings is 1. The number of benzene rings is 1. The average molecular weight is 314 g/mol.